The van der Waals surface area contributed by atoms with Crippen LogP contribution in [0.5, 0.6) is 0 Å². The molecule has 0 aromatic heterocycles. The van der Waals surface area contributed by atoms with E-state index in [0.29, 0.717) is 19.0 Å². The summed E-state index contributed by atoms with van der Waals surface area (Å²) in [4.78, 5) is 31.2. The minimum Gasteiger partial charge on any atom is -0.340 e. The number of carbonyl (C=O) groups is 2. The number of likely N-dealkylation sites (N-methyl/N-ethyl adjacent to an activating group) is 1. The number of benzene rings is 1. The molecule has 0 radical (unpaired) electrons. The van der Waals surface area contributed by atoms with Crippen LogP contribution in [0.3, 0.4) is 0 Å². The van der Waals surface area contributed by atoms with Gasteiger partial charge in [-0.15, -0.1) is 0 Å². The molecule has 1 saturated carbocycles. The van der Waals surface area contributed by atoms with Crippen molar-refractivity contribution in [2.24, 2.45) is 5.92 Å². The molecular weight excluding hydrogens is 302 g/mol. The molecule has 1 aromatic carbocycles. The van der Waals surface area contributed by atoms with Gasteiger partial charge in [0.1, 0.15) is 0 Å². The van der Waals surface area contributed by atoms with Gasteiger partial charge in [-0.1, -0.05) is 24.6 Å². The molecule has 1 aliphatic carbocycles. The largest absolute Gasteiger partial charge is 0.340 e. The van der Waals surface area contributed by atoms with Crippen LogP contribution in [0.4, 0.5) is 5.69 Å². The van der Waals surface area contributed by atoms with E-state index in [4.69, 9.17) is 0 Å². The minimum absolute atomic E-state index is 0.108. The first-order valence-electron chi connectivity index (χ1n) is 8.94. The molecule has 4 rings (SSSR count). The van der Waals surface area contributed by atoms with Crippen LogP contribution in [0, 0.1) is 5.92 Å². The van der Waals surface area contributed by atoms with E-state index in [0.717, 1.165) is 38.0 Å². The standard InChI is InChI=1S/C19H25N3O2/c1-20-12-17(23)22(16-8-3-2-4-9-16)14-19(20)10-11-21(13-19)18(24)15-6-5-7-15/h2-4,8-9,15H,5-7,10-14H2,1H3. The summed E-state index contributed by atoms with van der Waals surface area (Å²) in [6, 6.07) is 9.88. The molecule has 1 atom stereocenters. The second kappa shape index (κ2) is 5.88. The van der Waals surface area contributed by atoms with E-state index >= 15 is 0 Å². The third-order valence-electron chi connectivity index (χ3n) is 6.10. The van der Waals surface area contributed by atoms with Crippen molar-refractivity contribution >= 4 is 17.5 Å². The van der Waals surface area contributed by atoms with Crippen molar-refractivity contribution in [2.75, 3.05) is 38.1 Å². The van der Waals surface area contributed by atoms with E-state index in [1.165, 1.54) is 6.42 Å². The van der Waals surface area contributed by atoms with Crippen LogP contribution in [0.15, 0.2) is 30.3 Å². The van der Waals surface area contributed by atoms with Gasteiger partial charge in [-0.3, -0.25) is 14.5 Å². The number of nitrogens with zero attached hydrogens (tertiary/aromatic N) is 3. The Morgan fingerprint density at radius 2 is 1.92 bits per heavy atom. The first-order valence-corrected chi connectivity index (χ1v) is 8.94. The first-order chi connectivity index (χ1) is 11.6. The third-order valence-corrected chi connectivity index (χ3v) is 6.10. The summed E-state index contributed by atoms with van der Waals surface area (Å²) in [5.41, 5.74) is 0.849. The molecule has 0 bridgehead atoms. The molecular formula is C19H25N3O2. The van der Waals surface area contributed by atoms with E-state index in [1.807, 2.05) is 47.2 Å². The van der Waals surface area contributed by atoms with Gasteiger partial charge in [0.25, 0.3) is 0 Å². The second-order valence-electron chi connectivity index (χ2n) is 7.53. The second-order valence-corrected chi connectivity index (χ2v) is 7.53. The summed E-state index contributed by atoms with van der Waals surface area (Å²) < 4.78 is 0. The summed E-state index contributed by atoms with van der Waals surface area (Å²) in [5.74, 6) is 0.716. The zero-order chi connectivity index (χ0) is 16.7. The van der Waals surface area contributed by atoms with E-state index in [2.05, 4.69) is 4.90 Å². The predicted octanol–water partition coefficient (Wildman–Crippen LogP) is 1.74. The van der Waals surface area contributed by atoms with E-state index < -0.39 is 0 Å². The van der Waals surface area contributed by atoms with Gasteiger partial charge < -0.3 is 9.80 Å². The van der Waals surface area contributed by atoms with E-state index in [1.54, 1.807) is 0 Å². The highest BCUT2D eigenvalue weighted by atomic mass is 16.2. The van der Waals surface area contributed by atoms with E-state index in [-0.39, 0.29) is 17.4 Å². The molecule has 1 aromatic rings. The van der Waals surface area contributed by atoms with Crippen molar-refractivity contribution in [2.45, 2.75) is 31.2 Å². The van der Waals surface area contributed by atoms with Crippen molar-refractivity contribution in [3.8, 4) is 0 Å². The monoisotopic (exact) mass is 327 g/mol. The Bertz CT molecular complexity index is 643. The summed E-state index contributed by atoms with van der Waals surface area (Å²) in [6.45, 7) is 2.65. The molecule has 5 nitrogen and oxygen atoms in total. The Hall–Kier alpha value is -1.88. The number of rotatable bonds is 2. The van der Waals surface area contributed by atoms with Gasteiger partial charge in [0, 0.05) is 31.2 Å². The smallest absolute Gasteiger partial charge is 0.241 e. The van der Waals surface area contributed by atoms with Crippen molar-refractivity contribution in [1.82, 2.24) is 9.80 Å². The van der Waals surface area contributed by atoms with Gasteiger partial charge in [-0.25, -0.2) is 0 Å². The fourth-order valence-electron chi connectivity index (χ4n) is 4.20. The number of likely N-dealkylation sites (tertiary alicyclic amines) is 1. The number of para-hydroxylation sites is 1. The Morgan fingerprint density at radius 1 is 1.17 bits per heavy atom. The van der Waals surface area contributed by atoms with Gasteiger partial charge >= 0.3 is 0 Å². The molecule has 1 unspecified atom stereocenters. The molecule has 24 heavy (non-hydrogen) atoms. The SMILES string of the molecule is CN1CC(=O)N(c2ccccc2)CC12CCN(C(=O)C1CCC1)C2. The average molecular weight is 327 g/mol. The van der Waals surface area contributed by atoms with E-state index in [9.17, 15) is 9.59 Å². The van der Waals surface area contributed by atoms with Gasteiger partial charge in [0.05, 0.1) is 12.1 Å². The molecule has 5 heteroatoms. The molecule has 2 saturated heterocycles. The summed E-state index contributed by atoms with van der Waals surface area (Å²) in [7, 11) is 2.03. The Morgan fingerprint density at radius 3 is 2.58 bits per heavy atom. The summed E-state index contributed by atoms with van der Waals surface area (Å²) in [5, 5.41) is 0. The van der Waals surface area contributed by atoms with Gasteiger partial charge in [0.2, 0.25) is 11.8 Å². The maximum Gasteiger partial charge on any atom is 0.241 e. The summed E-state index contributed by atoms with van der Waals surface area (Å²) >= 11 is 0. The molecule has 2 heterocycles. The topological polar surface area (TPSA) is 43.9 Å². The number of carbonyl (C=O) groups excluding carboxylic acids is 2. The lowest BCUT2D eigenvalue weighted by atomic mass is 9.84. The van der Waals surface area contributed by atoms with Crippen molar-refractivity contribution < 1.29 is 9.59 Å². The molecule has 3 aliphatic rings. The van der Waals surface area contributed by atoms with Crippen LogP contribution in [0.2, 0.25) is 0 Å². The van der Waals surface area contributed by atoms with Crippen molar-refractivity contribution in [3.05, 3.63) is 30.3 Å². The van der Waals surface area contributed by atoms with Gasteiger partial charge in [0.15, 0.2) is 0 Å². The van der Waals surface area contributed by atoms with Crippen LogP contribution in [-0.4, -0.2) is 60.4 Å². The lowest BCUT2D eigenvalue weighted by Gasteiger charge is -2.47. The fraction of sp³-hybridized carbons (Fsp3) is 0.579. The average Bonchev–Trinajstić information content (AvgIpc) is 2.96. The molecule has 128 valence electrons. The van der Waals surface area contributed by atoms with Gasteiger partial charge in [-0.2, -0.15) is 0 Å². The lowest BCUT2D eigenvalue weighted by Crippen LogP contribution is -2.64. The zero-order valence-electron chi connectivity index (χ0n) is 14.3. The van der Waals surface area contributed by atoms with Crippen LogP contribution in [-0.2, 0) is 9.59 Å². The minimum atomic E-state index is -0.108. The number of hydrogen-bond donors (Lipinski definition) is 0. The molecule has 2 amide bonds. The highest BCUT2D eigenvalue weighted by Crippen LogP contribution is 2.36. The molecule has 1 spiro atoms. The highest BCUT2D eigenvalue weighted by Gasteiger charge is 2.49. The first kappa shape index (κ1) is 15.6. The van der Waals surface area contributed by atoms with Crippen molar-refractivity contribution in [1.29, 1.82) is 0 Å². The Kier molecular flexibility index (Phi) is 3.83. The Labute approximate surface area is 143 Å². The number of piperazine rings is 1. The quantitative estimate of drug-likeness (QED) is 0.831. The number of hydrogen-bond acceptors (Lipinski definition) is 3. The maximum absolute atomic E-state index is 12.6. The third kappa shape index (κ3) is 2.51. The number of anilines is 1. The van der Waals surface area contributed by atoms with Crippen molar-refractivity contribution in [3.63, 3.8) is 0 Å². The Balaban J connectivity index is 1.53. The van der Waals surface area contributed by atoms with Gasteiger partial charge in [-0.05, 0) is 38.4 Å². The summed E-state index contributed by atoms with van der Waals surface area (Å²) in [6.07, 6.45) is 4.23. The predicted molar refractivity (Wildman–Crippen MR) is 92.7 cm³/mol. The van der Waals surface area contributed by atoms with Crippen LogP contribution in [0.1, 0.15) is 25.7 Å². The molecule has 3 fully saturated rings. The maximum atomic E-state index is 12.6. The molecule has 2 aliphatic heterocycles. The normalized spacial score (nSPS) is 28.5. The lowest BCUT2D eigenvalue weighted by molar-refractivity contribution is -0.137. The number of amides is 2. The van der Waals surface area contributed by atoms with Crippen LogP contribution < -0.4 is 4.90 Å². The van der Waals surface area contributed by atoms with Crippen LogP contribution >= 0.6 is 0 Å². The fourth-order valence-corrected chi connectivity index (χ4v) is 4.20. The zero-order valence-corrected chi connectivity index (χ0v) is 14.3. The van der Waals surface area contributed by atoms with Crippen LogP contribution in [0.25, 0.3) is 0 Å². The molecule has 0 N–H and O–H groups in total. The highest BCUT2D eigenvalue weighted by molar-refractivity contribution is 5.96.